The lowest BCUT2D eigenvalue weighted by molar-refractivity contribution is 0.0705. The predicted octanol–water partition coefficient (Wildman–Crippen LogP) is 3.74. The van der Waals surface area contributed by atoms with Crippen LogP contribution in [-0.2, 0) is 0 Å². The Morgan fingerprint density at radius 1 is 1.00 bits per heavy atom. The van der Waals surface area contributed by atoms with E-state index >= 15 is 0 Å². The van der Waals surface area contributed by atoms with Crippen LogP contribution in [-0.4, -0.2) is 53.9 Å². The van der Waals surface area contributed by atoms with Gasteiger partial charge in [0.2, 0.25) is 0 Å². The summed E-state index contributed by atoms with van der Waals surface area (Å²) in [6, 6.07) is 13.8. The first-order valence-corrected chi connectivity index (χ1v) is 10.5. The van der Waals surface area contributed by atoms with E-state index in [0.29, 0.717) is 41.3 Å². The molecule has 32 heavy (non-hydrogen) atoms. The molecule has 7 nitrogen and oxygen atoms in total. The fourth-order valence-electron chi connectivity index (χ4n) is 4.04. The molecule has 0 aliphatic carbocycles. The zero-order valence-electron chi connectivity index (χ0n) is 18.2. The van der Waals surface area contributed by atoms with Crippen LogP contribution in [0, 0.1) is 0 Å². The van der Waals surface area contributed by atoms with Crippen molar-refractivity contribution < 1.29 is 19.1 Å². The highest BCUT2D eigenvalue weighted by molar-refractivity contribution is 6.11. The first-order valence-electron chi connectivity index (χ1n) is 10.5. The molecular formula is C25H25N3O4. The highest BCUT2D eigenvalue weighted by atomic mass is 16.5. The van der Waals surface area contributed by atoms with Crippen molar-refractivity contribution in [2.24, 2.45) is 0 Å². The third-order valence-corrected chi connectivity index (χ3v) is 5.78. The van der Waals surface area contributed by atoms with E-state index < -0.39 is 0 Å². The summed E-state index contributed by atoms with van der Waals surface area (Å²) in [6.45, 7) is 1.33. The number of hydrogen-bond donors (Lipinski definition) is 0. The number of benzene rings is 2. The number of ether oxygens (including phenoxy) is 2. The van der Waals surface area contributed by atoms with Crippen LogP contribution in [0.2, 0.25) is 0 Å². The Labute approximate surface area is 187 Å². The lowest BCUT2D eigenvalue weighted by atomic mass is 9.94. The van der Waals surface area contributed by atoms with Crippen LogP contribution < -0.4 is 9.47 Å². The minimum absolute atomic E-state index is 0.0401. The van der Waals surface area contributed by atoms with Gasteiger partial charge >= 0.3 is 0 Å². The van der Waals surface area contributed by atoms with Gasteiger partial charge in [-0.2, -0.15) is 0 Å². The molecule has 0 unspecified atom stereocenters. The third kappa shape index (κ3) is 4.46. The van der Waals surface area contributed by atoms with E-state index in [1.807, 2.05) is 11.0 Å². The maximum absolute atomic E-state index is 13.1. The lowest BCUT2D eigenvalue weighted by Gasteiger charge is -2.32. The van der Waals surface area contributed by atoms with Gasteiger partial charge in [-0.05, 0) is 49.2 Å². The van der Waals surface area contributed by atoms with Crippen molar-refractivity contribution in [2.75, 3.05) is 27.3 Å². The molecule has 2 heterocycles. The minimum Gasteiger partial charge on any atom is -0.497 e. The largest absolute Gasteiger partial charge is 0.497 e. The average Bonchev–Trinajstić information content (AvgIpc) is 2.88. The van der Waals surface area contributed by atoms with E-state index in [0.717, 1.165) is 18.5 Å². The molecular weight excluding hydrogens is 406 g/mol. The summed E-state index contributed by atoms with van der Waals surface area (Å²) in [6.07, 6.45) is 5.20. The Kier molecular flexibility index (Phi) is 6.44. The standard InChI is InChI=1S/C25H25N3O4/c1-31-20-9-10-23(32-2)21(14-20)24(29)17-5-7-18(8-6-17)25(30)28-13-3-4-19(15-28)22-11-12-26-16-27-22/h5-12,14,16,19H,3-4,13,15H2,1-2H3/t19-/m1/s1. The summed E-state index contributed by atoms with van der Waals surface area (Å²) >= 11 is 0. The SMILES string of the molecule is COc1ccc(OC)c(C(=O)c2ccc(C(=O)N3CCC[C@@H](c4ccncn4)C3)cc2)c1. The number of aromatic nitrogens is 2. The lowest BCUT2D eigenvalue weighted by Crippen LogP contribution is -2.39. The van der Waals surface area contributed by atoms with Crippen LogP contribution in [0.4, 0.5) is 0 Å². The van der Waals surface area contributed by atoms with Gasteiger partial charge in [-0.25, -0.2) is 9.97 Å². The Morgan fingerprint density at radius 2 is 1.78 bits per heavy atom. The second-order valence-corrected chi connectivity index (χ2v) is 7.70. The number of likely N-dealkylation sites (tertiary alicyclic amines) is 1. The highest BCUT2D eigenvalue weighted by Gasteiger charge is 2.26. The summed E-state index contributed by atoms with van der Waals surface area (Å²) in [5.74, 6) is 1.02. The molecule has 0 saturated carbocycles. The van der Waals surface area contributed by atoms with E-state index in [-0.39, 0.29) is 17.6 Å². The van der Waals surface area contributed by atoms with Crippen LogP contribution in [0.1, 0.15) is 50.7 Å². The molecule has 1 fully saturated rings. The molecule has 1 amide bonds. The van der Waals surface area contributed by atoms with Crippen molar-refractivity contribution in [3.8, 4) is 11.5 Å². The van der Waals surface area contributed by atoms with Gasteiger partial charge in [0.05, 0.1) is 19.8 Å². The van der Waals surface area contributed by atoms with Crippen molar-refractivity contribution in [1.29, 1.82) is 0 Å². The zero-order chi connectivity index (χ0) is 22.5. The second kappa shape index (κ2) is 9.60. The topological polar surface area (TPSA) is 81.6 Å². The van der Waals surface area contributed by atoms with E-state index in [4.69, 9.17) is 9.47 Å². The number of carbonyl (C=O) groups is 2. The van der Waals surface area contributed by atoms with Gasteiger partial charge in [0, 0.05) is 42.0 Å². The molecule has 164 valence electrons. The average molecular weight is 431 g/mol. The van der Waals surface area contributed by atoms with Crippen LogP contribution >= 0.6 is 0 Å². The molecule has 0 spiro atoms. The summed E-state index contributed by atoms with van der Waals surface area (Å²) in [5, 5.41) is 0. The molecule has 7 heteroatoms. The Hall–Kier alpha value is -3.74. The number of carbonyl (C=O) groups excluding carboxylic acids is 2. The first kappa shape index (κ1) is 21.5. The van der Waals surface area contributed by atoms with Gasteiger partial charge in [-0.1, -0.05) is 12.1 Å². The van der Waals surface area contributed by atoms with Crippen molar-refractivity contribution in [3.05, 3.63) is 83.4 Å². The molecule has 0 N–H and O–H groups in total. The van der Waals surface area contributed by atoms with Gasteiger partial charge in [0.1, 0.15) is 17.8 Å². The molecule has 1 saturated heterocycles. The van der Waals surface area contributed by atoms with Crippen LogP contribution in [0.25, 0.3) is 0 Å². The number of ketones is 1. The van der Waals surface area contributed by atoms with Crippen LogP contribution in [0.3, 0.4) is 0 Å². The molecule has 1 aliphatic heterocycles. The quantitative estimate of drug-likeness (QED) is 0.553. The van der Waals surface area contributed by atoms with Crippen molar-refractivity contribution in [3.63, 3.8) is 0 Å². The minimum atomic E-state index is -0.193. The van der Waals surface area contributed by atoms with E-state index in [1.54, 1.807) is 62.1 Å². The van der Waals surface area contributed by atoms with E-state index in [1.165, 1.54) is 7.11 Å². The fraction of sp³-hybridized carbons (Fsp3) is 0.280. The molecule has 3 aromatic rings. The zero-order valence-corrected chi connectivity index (χ0v) is 18.2. The maximum Gasteiger partial charge on any atom is 0.253 e. The summed E-state index contributed by atoms with van der Waals surface area (Å²) in [4.78, 5) is 36.3. The Morgan fingerprint density at radius 3 is 2.47 bits per heavy atom. The van der Waals surface area contributed by atoms with Gasteiger partial charge in [-0.15, -0.1) is 0 Å². The van der Waals surface area contributed by atoms with Gasteiger partial charge in [-0.3, -0.25) is 9.59 Å². The first-order chi connectivity index (χ1) is 15.6. The van der Waals surface area contributed by atoms with Gasteiger partial charge in [0.25, 0.3) is 5.91 Å². The maximum atomic E-state index is 13.1. The van der Waals surface area contributed by atoms with Crippen molar-refractivity contribution in [1.82, 2.24) is 14.9 Å². The second-order valence-electron chi connectivity index (χ2n) is 7.70. The molecule has 2 aromatic carbocycles. The number of nitrogens with zero attached hydrogens (tertiary/aromatic N) is 3. The third-order valence-electron chi connectivity index (χ3n) is 5.78. The summed E-state index contributed by atoms with van der Waals surface area (Å²) in [5.41, 5.74) is 2.41. The van der Waals surface area contributed by atoms with Crippen molar-refractivity contribution in [2.45, 2.75) is 18.8 Å². The monoisotopic (exact) mass is 431 g/mol. The van der Waals surface area contributed by atoms with Crippen LogP contribution in [0.15, 0.2) is 61.1 Å². The molecule has 1 aliphatic rings. The molecule has 1 atom stereocenters. The predicted molar refractivity (Wildman–Crippen MR) is 119 cm³/mol. The number of hydrogen-bond acceptors (Lipinski definition) is 6. The number of amides is 1. The fourth-order valence-corrected chi connectivity index (χ4v) is 4.04. The number of methoxy groups -OCH3 is 2. The molecule has 1 aromatic heterocycles. The molecule has 0 bridgehead atoms. The van der Waals surface area contributed by atoms with E-state index in [9.17, 15) is 9.59 Å². The van der Waals surface area contributed by atoms with Crippen LogP contribution in [0.5, 0.6) is 11.5 Å². The Bertz CT molecular complexity index is 1100. The smallest absolute Gasteiger partial charge is 0.253 e. The summed E-state index contributed by atoms with van der Waals surface area (Å²) < 4.78 is 10.6. The molecule has 0 radical (unpaired) electrons. The highest BCUT2D eigenvalue weighted by Crippen LogP contribution is 2.28. The number of rotatable bonds is 6. The van der Waals surface area contributed by atoms with Crippen molar-refractivity contribution >= 4 is 11.7 Å². The molecule has 4 rings (SSSR count). The normalized spacial score (nSPS) is 15.8. The Balaban J connectivity index is 1.50. The van der Waals surface area contributed by atoms with Gasteiger partial charge < -0.3 is 14.4 Å². The number of piperidine rings is 1. The summed E-state index contributed by atoms with van der Waals surface area (Å²) in [7, 11) is 3.07. The van der Waals surface area contributed by atoms with Gasteiger partial charge in [0.15, 0.2) is 5.78 Å². The van der Waals surface area contributed by atoms with E-state index in [2.05, 4.69) is 9.97 Å².